The lowest BCUT2D eigenvalue weighted by Gasteiger charge is -2.35. The summed E-state index contributed by atoms with van der Waals surface area (Å²) in [4.78, 5) is 26.0. The van der Waals surface area contributed by atoms with E-state index in [9.17, 15) is 14.9 Å². The molecule has 0 atom stereocenters. The Bertz CT molecular complexity index is 450. The molecule has 98 valence electrons. The van der Waals surface area contributed by atoms with Crippen LogP contribution in [-0.4, -0.2) is 33.1 Å². The topological polar surface area (TPSA) is 96.6 Å². The van der Waals surface area contributed by atoms with Crippen LogP contribution in [0.4, 0.5) is 11.5 Å². The first-order valence-electron chi connectivity index (χ1n) is 5.31. The molecule has 0 spiro atoms. The molecule has 0 fully saturated rings. The van der Waals surface area contributed by atoms with Gasteiger partial charge in [-0.25, -0.2) is 0 Å². The van der Waals surface area contributed by atoms with Crippen LogP contribution in [0.5, 0.6) is 0 Å². The van der Waals surface area contributed by atoms with Gasteiger partial charge in [0.05, 0.1) is 5.69 Å². The van der Waals surface area contributed by atoms with E-state index in [2.05, 4.69) is 4.98 Å². The van der Waals surface area contributed by atoms with Crippen LogP contribution in [0.1, 0.15) is 20.8 Å². The Morgan fingerprint density at radius 3 is 2.44 bits per heavy atom. The van der Waals surface area contributed by atoms with Gasteiger partial charge in [0, 0.05) is 11.6 Å². The van der Waals surface area contributed by atoms with Crippen LogP contribution in [0.3, 0.4) is 0 Å². The van der Waals surface area contributed by atoms with Crippen molar-refractivity contribution >= 4 is 17.5 Å². The van der Waals surface area contributed by atoms with Crippen LogP contribution in [0.15, 0.2) is 18.3 Å². The Morgan fingerprint density at radius 1 is 1.50 bits per heavy atom. The molecular formula is C11H15N3O4. The molecule has 0 bridgehead atoms. The van der Waals surface area contributed by atoms with Gasteiger partial charge in [-0.3, -0.25) is 4.79 Å². The molecule has 1 aromatic rings. The quantitative estimate of drug-likeness (QED) is 0.647. The highest BCUT2D eigenvalue weighted by Crippen LogP contribution is 2.24. The van der Waals surface area contributed by atoms with Crippen LogP contribution in [-0.2, 0) is 4.79 Å². The number of hydrogen-bond donors (Lipinski definition) is 1. The maximum absolute atomic E-state index is 10.8. The predicted octanol–water partition coefficient (Wildman–Crippen LogP) is 1.68. The number of rotatable bonds is 4. The minimum atomic E-state index is -0.969. The molecule has 0 aliphatic carbocycles. The van der Waals surface area contributed by atoms with Gasteiger partial charge < -0.3 is 20.1 Å². The summed E-state index contributed by atoms with van der Waals surface area (Å²) in [5, 5.41) is 19.4. The van der Waals surface area contributed by atoms with Crippen molar-refractivity contribution in [3.63, 3.8) is 0 Å². The zero-order chi connectivity index (χ0) is 13.9. The summed E-state index contributed by atoms with van der Waals surface area (Å²) in [5.74, 6) is -1.23. The predicted molar refractivity (Wildman–Crippen MR) is 65.6 cm³/mol. The minimum absolute atomic E-state index is 0.191. The Morgan fingerprint density at radius 2 is 2.11 bits per heavy atom. The Balaban J connectivity index is 3.06. The van der Waals surface area contributed by atoms with Crippen molar-refractivity contribution in [1.82, 2.24) is 4.98 Å². The molecule has 0 radical (unpaired) electrons. The van der Waals surface area contributed by atoms with Gasteiger partial charge in [0.25, 0.3) is 0 Å². The molecular weight excluding hydrogens is 238 g/mol. The summed E-state index contributed by atoms with van der Waals surface area (Å²) < 4.78 is 0. The summed E-state index contributed by atoms with van der Waals surface area (Å²) >= 11 is 0. The molecule has 7 heteroatoms. The van der Waals surface area contributed by atoms with E-state index in [0.29, 0.717) is 5.69 Å². The Labute approximate surface area is 104 Å². The molecule has 1 N–H and O–H groups in total. The zero-order valence-electron chi connectivity index (χ0n) is 10.5. The van der Waals surface area contributed by atoms with Crippen molar-refractivity contribution < 1.29 is 14.8 Å². The maximum atomic E-state index is 10.8. The first kappa shape index (κ1) is 13.9. The first-order chi connectivity index (χ1) is 8.21. The fraction of sp³-hybridized carbons (Fsp3) is 0.455. The molecule has 0 amide bonds. The number of anilines is 1. The molecule has 18 heavy (non-hydrogen) atoms. The smallest absolute Gasteiger partial charge is 0.363 e. The highest BCUT2D eigenvalue weighted by Gasteiger charge is 2.25. The van der Waals surface area contributed by atoms with Gasteiger partial charge in [0.2, 0.25) is 0 Å². The summed E-state index contributed by atoms with van der Waals surface area (Å²) in [7, 11) is 0. The van der Waals surface area contributed by atoms with Crippen LogP contribution in [0.2, 0.25) is 0 Å². The van der Waals surface area contributed by atoms with Crippen molar-refractivity contribution in [2.45, 2.75) is 26.3 Å². The molecule has 1 rings (SSSR count). The van der Waals surface area contributed by atoms with E-state index in [-0.39, 0.29) is 12.4 Å². The lowest BCUT2D eigenvalue weighted by Crippen LogP contribution is -2.44. The fourth-order valence-electron chi connectivity index (χ4n) is 1.50. The molecule has 1 aromatic heterocycles. The third kappa shape index (κ3) is 3.41. The van der Waals surface area contributed by atoms with E-state index in [0.717, 1.165) is 0 Å². The largest absolute Gasteiger partial charge is 0.480 e. The summed E-state index contributed by atoms with van der Waals surface area (Å²) in [5.41, 5.74) is 0.117. The summed E-state index contributed by atoms with van der Waals surface area (Å²) in [6, 6.07) is 2.76. The van der Waals surface area contributed by atoms with Gasteiger partial charge in [-0.2, -0.15) is 0 Å². The van der Waals surface area contributed by atoms with E-state index in [1.807, 2.05) is 20.8 Å². The number of pyridine rings is 1. The SMILES string of the molecule is CC(C)(C)N(CC(=O)O)c1ccc([N+](=O)[O-])nc1. The van der Waals surface area contributed by atoms with Crippen molar-refractivity contribution in [3.8, 4) is 0 Å². The van der Waals surface area contributed by atoms with Gasteiger partial charge in [-0.05, 0) is 36.7 Å². The average Bonchev–Trinajstić information content (AvgIpc) is 2.24. The number of carboxylic acids is 1. The average molecular weight is 253 g/mol. The van der Waals surface area contributed by atoms with E-state index in [1.165, 1.54) is 18.3 Å². The van der Waals surface area contributed by atoms with Crippen LogP contribution in [0, 0.1) is 10.1 Å². The van der Waals surface area contributed by atoms with Crippen LogP contribution < -0.4 is 4.90 Å². The third-order valence-electron chi connectivity index (χ3n) is 2.33. The highest BCUT2D eigenvalue weighted by molar-refractivity contribution is 5.74. The minimum Gasteiger partial charge on any atom is -0.480 e. The number of carboxylic acid groups (broad SMARTS) is 1. The maximum Gasteiger partial charge on any atom is 0.363 e. The van der Waals surface area contributed by atoms with Crippen molar-refractivity contribution in [2.75, 3.05) is 11.4 Å². The van der Waals surface area contributed by atoms with Crippen molar-refractivity contribution in [1.29, 1.82) is 0 Å². The number of nitrogens with zero attached hydrogens (tertiary/aromatic N) is 3. The first-order valence-corrected chi connectivity index (χ1v) is 5.31. The molecule has 0 aliphatic rings. The number of hydrogen-bond acceptors (Lipinski definition) is 5. The normalized spacial score (nSPS) is 11.1. The number of aromatic nitrogens is 1. The van der Waals surface area contributed by atoms with Gasteiger partial charge in [-0.15, -0.1) is 0 Å². The standard InChI is InChI=1S/C11H15N3O4/c1-11(2,3)13(7-10(15)16)8-4-5-9(12-6-8)14(17)18/h4-6H,7H2,1-3H3,(H,15,16). The van der Waals surface area contributed by atoms with E-state index in [1.54, 1.807) is 4.90 Å². The second kappa shape index (κ2) is 4.99. The Hall–Kier alpha value is -2.18. The second-order valence-corrected chi connectivity index (χ2v) is 4.78. The molecule has 0 saturated carbocycles. The number of carbonyl (C=O) groups is 1. The van der Waals surface area contributed by atoms with Gasteiger partial charge >= 0.3 is 11.8 Å². The van der Waals surface area contributed by atoms with Crippen LogP contribution in [0.25, 0.3) is 0 Å². The van der Waals surface area contributed by atoms with E-state index < -0.39 is 16.4 Å². The molecule has 0 aliphatic heterocycles. The molecule has 0 unspecified atom stereocenters. The van der Waals surface area contributed by atoms with Crippen LogP contribution >= 0.6 is 0 Å². The second-order valence-electron chi connectivity index (χ2n) is 4.78. The molecule has 0 saturated heterocycles. The highest BCUT2D eigenvalue weighted by atomic mass is 16.6. The number of aliphatic carboxylic acids is 1. The lowest BCUT2D eigenvalue weighted by molar-refractivity contribution is -0.389. The fourth-order valence-corrected chi connectivity index (χ4v) is 1.50. The summed E-state index contributed by atoms with van der Waals surface area (Å²) in [6.45, 7) is 5.38. The molecule has 7 nitrogen and oxygen atoms in total. The molecule has 1 heterocycles. The molecule has 0 aromatic carbocycles. The van der Waals surface area contributed by atoms with Gasteiger partial charge in [0.15, 0.2) is 6.20 Å². The van der Waals surface area contributed by atoms with Gasteiger partial charge in [-0.1, -0.05) is 0 Å². The third-order valence-corrected chi connectivity index (χ3v) is 2.33. The zero-order valence-corrected chi connectivity index (χ0v) is 10.5. The van der Waals surface area contributed by atoms with Crippen molar-refractivity contribution in [2.24, 2.45) is 0 Å². The van der Waals surface area contributed by atoms with E-state index in [4.69, 9.17) is 5.11 Å². The van der Waals surface area contributed by atoms with E-state index >= 15 is 0 Å². The Kier molecular flexibility index (Phi) is 3.85. The number of nitro groups is 1. The van der Waals surface area contributed by atoms with Crippen molar-refractivity contribution in [3.05, 3.63) is 28.4 Å². The summed E-state index contributed by atoms with van der Waals surface area (Å²) in [6.07, 6.45) is 1.31. The van der Waals surface area contributed by atoms with Gasteiger partial charge in [0.1, 0.15) is 6.54 Å². The lowest BCUT2D eigenvalue weighted by atomic mass is 10.1. The monoisotopic (exact) mass is 253 g/mol.